The van der Waals surface area contributed by atoms with E-state index in [9.17, 15) is 0 Å². The zero-order chi connectivity index (χ0) is 14.1. The van der Waals surface area contributed by atoms with E-state index in [-0.39, 0.29) is 12.1 Å². The molecule has 0 fully saturated rings. The predicted octanol–water partition coefficient (Wildman–Crippen LogP) is 5.59. The molecule has 102 valence electrons. The Bertz CT molecular complexity index is 652. The molecule has 2 unspecified atom stereocenters. The highest BCUT2D eigenvalue weighted by molar-refractivity contribution is 9.10. The van der Waals surface area contributed by atoms with E-state index < -0.39 is 0 Å². The highest BCUT2D eigenvalue weighted by Gasteiger charge is 2.21. The van der Waals surface area contributed by atoms with Gasteiger partial charge in [-0.15, -0.1) is 0 Å². The van der Waals surface area contributed by atoms with Crippen LogP contribution in [0.5, 0.6) is 0 Å². The summed E-state index contributed by atoms with van der Waals surface area (Å²) >= 11 is 9.52. The fraction of sp³-hybridized carbons (Fsp3) is 0.250. The third-order valence-corrected chi connectivity index (χ3v) is 4.23. The van der Waals surface area contributed by atoms with Gasteiger partial charge in [0.05, 0.1) is 6.04 Å². The summed E-state index contributed by atoms with van der Waals surface area (Å²) in [7, 11) is 0. The number of fused-ring (bicyclic) bond motifs is 1. The highest BCUT2D eigenvalue weighted by Crippen LogP contribution is 2.34. The molecule has 0 radical (unpaired) electrons. The second-order valence-corrected chi connectivity index (χ2v) is 6.43. The third kappa shape index (κ3) is 2.79. The zero-order valence-corrected chi connectivity index (χ0v) is 13.4. The molecule has 1 heterocycles. The van der Waals surface area contributed by atoms with Gasteiger partial charge in [0.1, 0.15) is 6.04 Å². The lowest BCUT2D eigenvalue weighted by molar-refractivity contribution is 0.680. The van der Waals surface area contributed by atoms with Crippen molar-refractivity contribution in [3.63, 3.8) is 0 Å². The van der Waals surface area contributed by atoms with Gasteiger partial charge in [0.15, 0.2) is 0 Å². The molecule has 0 saturated heterocycles. The molecule has 2 aromatic rings. The number of rotatable bonds is 1. The fourth-order valence-electron chi connectivity index (χ4n) is 2.50. The van der Waals surface area contributed by atoms with Crippen LogP contribution in [-0.2, 0) is 6.42 Å². The summed E-state index contributed by atoms with van der Waals surface area (Å²) in [4.78, 5) is 0. The van der Waals surface area contributed by atoms with Crippen LogP contribution in [-0.4, -0.2) is 6.04 Å². The van der Waals surface area contributed by atoms with E-state index in [1.165, 1.54) is 11.1 Å². The number of hydrogen-bond donors (Lipinski definition) is 0. The molecule has 2 atom stereocenters. The molecule has 0 saturated carbocycles. The van der Waals surface area contributed by atoms with Crippen molar-refractivity contribution in [2.75, 3.05) is 0 Å². The number of azo groups is 1. The summed E-state index contributed by atoms with van der Waals surface area (Å²) in [5.74, 6) is 0. The van der Waals surface area contributed by atoms with E-state index in [1.54, 1.807) is 0 Å². The van der Waals surface area contributed by atoms with Gasteiger partial charge >= 0.3 is 0 Å². The van der Waals surface area contributed by atoms with Crippen LogP contribution in [0.15, 0.2) is 57.2 Å². The van der Waals surface area contributed by atoms with Crippen LogP contribution in [0.25, 0.3) is 0 Å². The van der Waals surface area contributed by atoms with Gasteiger partial charge in [0, 0.05) is 9.50 Å². The Labute approximate surface area is 132 Å². The van der Waals surface area contributed by atoms with Gasteiger partial charge in [0.25, 0.3) is 0 Å². The molecule has 0 spiro atoms. The van der Waals surface area contributed by atoms with Crippen molar-refractivity contribution >= 4 is 27.5 Å². The first-order valence-corrected chi connectivity index (χ1v) is 7.74. The maximum Gasteiger partial charge on any atom is 0.121 e. The Morgan fingerprint density at radius 3 is 2.60 bits per heavy atom. The first-order chi connectivity index (χ1) is 9.63. The van der Waals surface area contributed by atoms with E-state index in [1.807, 2.05) is 24.3 Å². The van der Waals surface area contributed by atoms with Gasteiger partial charge < -0.3 is 0 Å². The average molecular weight is 350 g/mol. The molecule has 0 bridgehead atoms. The van der Waals surface area contributed by atoms with E-state index in [0.717, 1.165) is 21.5 Å². The SMILES string of the molecule is CC1Cc2ccc(Br)cc2C(c2ccc(Cl)cc2)N=N1. The molecule has 0 N–H and O–H groups in total. The van der Waals surface area contributed by atoms with Crippen molar-refractivity contribution < 1.29 is 0 Å². The molecule has 0 amide bonds. The molecule has 1 aliphatic rings. The summed E-state index contributed by atoms with van der Waals surface area (Å²) in [6, 6.07) is 14.4. The monoisotopic (exact) mass is 348 g/mol. The van der Waals surface area contributed by atoms with Gasteiger partial charge in [0.2, 0.25) is 0 Å². The molecular formula is C16H14BrClN2. The van der Waals surface area contributed by atoms with Crippen molar-refractivity contribution in [1.29, 1.82) is 0 Å². The number of halogens is 2. The topological polar surface area (TPSA) is 24.7 Å². The lowest BCUT2D eigenvalue weighted by Crippen LogP contribution is -2.03. The van der Waals surface area contributed by atoms with E-state index in [0.29, 0.717) is 0 Å². The molecule has 0 aliphatic carbocycles. The molecule has 20 heavy (non-hydrogen) atoms. The Kier molecular flexibility index (Phi) is 3.90. The Balaban J connectivity index is 2.12. The van der Waals surface area contributed by atoms with Gasteiger partial charge in [-0.2, -0.15) is 10.2 Å². The minimum Gasteiger partial charge on any atom is -0.190 e. The van der Waals surface area contributed by atoms with Crippen molar-refractivity contribution in [3.8, 4) is 0 Å². The zero-order valence-electron chi connectivity index (χ0n) is 11.1. The molecule has 3 rings (SSSR count). The van der Waals surface area contributed by atoms with Gasteiger partial charge in [-0.3, -0.25) is 0 Å². The van der Waals surface area contributed by atoms with Crippen LogP contribution in [0.2, 0.25) is 5.02 Å². The minimum absolute atomic E-state index is 0.0512. The van der Waals surface area contributed by atoms with Gasteiger partial charge in [-0.1, -0.05) is 45.7 Å². The third-order valence-electron chi connectivity index (χ3n) is 3.48. The van der Waals surface area contributed by atoms with Crippen LogP contribution in [0.3, 0.4) is 0 Å². The van der Waals surface area contributed by atoms with Crippen molar-refractivity contribution in [3.05, 3.63) is 68.7 Å². The highest BCUT2D eigenvalue weighted by atomic mass is 79.9. The van der Waals surface area contributed by atoms with Crippen LogP contribution >= 0.6 is 27.5 Å². The summed E-state index contributed by atoms with van der Waals surface area (Å²) in [5, 5.41) is 9.71. The first-order valence-electron chi connectivity index (χ1n) is 6.57. The second-order valence-electron chi connectivity index (χ2n) is 5.08. The molecule has 0 aromatic heterocycles. The second kappa shape index (κ2) is 5.66. The van der Waals surface area contributed by atoms with Crippen molar-refractivity contribution in [1.82, 2.24) is 0 Å². The average Bonchev–Trinajstić information content (AvgIpc) is 2.58. The summed E-state index contributed by atoms with van der Waals surface area (Å²) in [6.07, 6.45) is 0.927. The lowest BCUT2D eigenvalue weighted by atomic mass is 9.93. The Morgan fingerprint density at radius 1 is 1.10 bits per heavy atom. The number of hydrogen-bond acceptors (Lipinski definition) is 2. The normalized spacial score (nSPS) is 21.4. The summed E-state index contributed by atoms with van der Waals surface area (Å²) in [5.41, 5.74) is 3.65. The maximum absolute atomic E-state index is 5.97. The Hall–Kier alpha value is -1.19. The Morgan fingerprint density at radius 2 is 1.85 bits per heavy atom. The minimum atomic E-state index is -0.0512. The van der Waals surface area contributed by atoms with Crippen LogP contribution < -0.4 is 0 Å². The maximum atomic E-state index is 5.97. The fourth-order valence-corrected chi connectivity index (χ4v) is 3.00. The van der Waals surface area contributed by atoms with Crippen LogP contribution in [0.1, 0.15) is 29.7 Å². The largest absolute Gasteiger partial charge is 0.190 e. The van der Waals surface area contributed by atoms with E-state index in [2.05, 4.69) is 51.3 Å². The summed E-state index contributed by atoms with van der Waals surface area (Å²) in [6.45, 7) is 2.10. The van der Waals surface area contributed by atoms with Gasteiger partial charge in [-0.25, -0.2) is 0 Å². The quantitative estimate of drug-likeness (QED) is 0.641. The van der Waals surface area contributed by atoms with E-state index in [4.69, 9.17) is 11.6 Å². The van der Waals surface area contributed by atoms with E-state index >= 15 is 0 Å². The summed E-state index contributed by atoms with van der Waals surface area (Å²) < 4.78 is 1.07. The predicted molar refractivity (Wildman–Crippen MR) is 85.5 cm³/mol. The van der Waals surface area contributed by atoms with Crippen LogP contribution in [0, 0.1) is 0 Å². The van der Waals surface area contributed by atoms with Crippen molar-refractivity contribution in [2.45, 2.75) is 25.4 Å². The number of benzene rings is 2. The lowest BCUT2D eigenvalue weighted by Gasteiger charge is -2.15. The van der Waals surface area contributed by atoms with Crippen molar-refractivity contribution in [2.24, 2.45) is 10.2 Å². The molecule has 2 nitrogen and oxygen atoms in total. The van der Waals surface area contributed by atoms with Gasteiger partial charge in [-0.05, 0) is 54.3 Å². The first kappa shape index (κ1) is 13.8. The smallest absolute Gasteiger partial charge is 0.121 e. The molecule has 1 aliphatic heterocycles. The molecule has 2 aromatic carbocycles. The number of nitrogens with zero attached hydrogens (tertiary/aromatic N) is 2. The molecule has 4 heteroatoms. The van der Waals surface area contributed by atoms with Crippen LogP contribution in [0.4, 0.5) is 0 Å². The standard InChI is InChI=1S/C16H14BrClN2/c1-10-8-12-2-5-13(17)9-15(12)16(20-19-10)11-3-6-14(18)7-4-11/h2-7,9-10,16H,8H2,1H3. The molecular weight excluding hydrogens is 336 g/mol.